The summed E-state index contributed by atoms with van der Waals surface area (Å²) < 4.78 is 5.35. The Labute approximate surface area is 176 Å². The van der Waals surface area contributed by atoms with Crippen molar-refractivity contribution in [2.75, 3.05) is 12.4 Å². The molecule has 1 heterocycles. The number of benzene rings is 2. The van der Waals surface area contributed by atoms with Crippen LogP contribution < -0.4 is 10.1 Å². The van der Waals surface area contributed by atoms with E-state index in [1.54, 1.807) is 38.3 Å². The quantitative estimate of drug-likeness (QED) is 0.554. The molecule has 2 aromatic rings. The number of carbonyl (C=O) groups is 2. The van der Waals surface area contributed by atoms with Gasteiger partial charge in [0, 0.05) is 16.8 Å². The van der Waals surface area contributed by atoms with E-state index in [-0.39, 0.29) is 23.7 Å². The molecule has 0 saturated carbocycles. The van der Waals surface area contributed by atoms with E-state index in [9.17, 15) is 9.59 Å². The maximum Gasteiger partial charge on any atom is 0.242 e. The van der Waals surface area contributed by atoms with Crippen LogP contribution in [0.25, 0.3) is 0 Å². The summed E-state index contributed by atoms with van der Waals surface area (Å²) in [4.78, 5) is 29.4. The van der Waals surface area contributed by atoms with E-state index in [4.69, 9.17) is 21.3 Å². The first-order valence-corrected chi connectivity index (χ1v) is 9.96. The molecule has 1 atom stereocenters. The molecule has 152 valence electrons. The maximum atomic E-state index is 12.9. The molecule has 1 N–H and O–H groups in total. The number of fused-ring (bicyclic) bond motifs is 1. The van der Waals surface area contributed by atoms with E-state index in [0.29, 0.717) is 11.3 Å². The van der Waals surface area contributed by atoms with Gasteiger partial charge < -0.3 is 10.1 Å². The SMILES string of the molecule is COc1ccc2c(c1)C(CC(=O)c1ccc(NC(=O)C(C)Cl)cc1)=NC(C)(C)C2. The average molecular weight is 413 g/mol. The molecule has 1 unspecified atom stereocenters. The topological polar surface area (TPSA) is 67.8 Å². The molecule has 1 aliphatic heterocycles. The molecular formula is C23H25ClN2O3. The summed E-state index contributed by atoms with van der Waals surface area (Å²) in [5.74, 6) is 0.436. The average Bonchev–Trinajstić information content (AvgIpc) is 2.67. The Morgan fingerprint density at radius 1 is 1.21 bits per heavy atom. The van der Waals surface area contributed by atoms with Crippen LogP contribution in [0.1, 0.15) is 48.7 Å². The number of methoxy groups -OCH3 is 1. The fourth-order valence-corrected chi connectivity index (χ4v) is 3.46. The highest BCUT2D eigenvalue weighted by atomic mass is 35.5. The summed E-state index contributed by atoms with van der Waals surface area (Å²) in [5, 5.41) is 2.08. The number of Topliss-reactive ketones (excluding diaryl/α,β-unsaturated/α-hetero) is 1. The van der Waals surface area contributed by atoms with Crippen molar-refractivity contribution < 1.29 is 14.3 Å². The number of hydrogen-bond donors (Lipinski definition) is 1. The Bertz CT molecular complexity index is 963. The Kier molecular flexibility index (Phi) is 6.08. The number of anilines is 1. The largest absolute Gasteiger partial charge is 0.497 e. The third-order valence-electron chi connectivity index (χ3n) is 4.85. The Morgan fingerprint density at radius 2 is 1.90 bits per heavy atom. The fraction of sp³-hybridized carbons (Fsp3) is 0.348. The molecule has 2 aromatic carbocycles. The van der Waals surface area contributed by atoms with Crippen LogP contribution >= 0.6 is 11.6 Å². The van der Waals surface area contributed by atoms with Gasteiger partial charge in [0.05, 0.1) is 24.8 Å². The van der Waals surface area contributed by atoms with Crippen LogP contribution in [0.3, 0.4) is 0 Å². The minimum atomic E-state index is -0.624. The van der Waals surface area contributed by atoms with Gasteiger partial charge in [-0.1, -0.05) is 6.07 Å². The second-order valence-corrected chi connectivity index (χ2v) is 8.51. The molecule has 1 amide bonds. The van der Waals surface area contributed by atoms with Crippen LogP contribution in [0.4, 0.5) is 5.69 Å². The normalized spacial score (nSPS) is 15.7. The van der Waals surface area contributed by atoms with Crippen LogP contribution in [0.5, 0.6) is 5.75 Å². The van der Waals surface area contributed by atoms with Gasteiger partial charge in [-0.05, 0) is 69.2 Å². The minimum absolute atomic E-state index is 0.0289. The first-order valence-electron chi connectivity index (χ1n) is 9.53. The highest BCUT2D eigenvalue weighted by Crippen LogP contribution is 2.31. The first-order chi connectivity index (χ1) is 13.7. The van der Waals surface area contributed by atoms with Crippen molar-refractivity contribution >= 4 is 34.7 Å². The number of hydrogen-bond acceptors (Lipinski definition) is 4. The van der Waals surface area contributed by atoms with Crippen LogP contribution in [-0.4, -0.2) is 35.4 Å². The van der Waals surface area contributed by atoms with Crippen molar-refractivity contribution in [2.45, 2.75) is 44.5 Å². The Balaban J connectivity index is 1.81. The van der Waals surface area contributed by atoms with Crippen molar-refractivity contribution in [1.82, 2.24) is 0 Å². The van der Waals surface area contributed by atoms with Gasteiger partial charge in [0.25, 0.3) is 0 Å². The number of ether oxygens (including phenoxy) is 1. The summed E-state index contributed by atoms with van der Waals surface area (Å²) >= 11 is 5.77. The zero-order valence-corrected chi connectivity index (χ0v) is 17.8. The number of aliphatic imine (C=N–C) groups is 1. The van der Waals surface area contributed by atoms with Gasteiger partial charge in [-0.3, -0.25) is 14.6 Å². The Morgan fingerprint density at radius 3 is 2.52 bits per heavy atom. The van der Waals surface area contributed by atoms with Crippen molar-refractivity contribution in [3.8, 4) is 5.75 Å². The summed E-state index contributed by atoms with van der Waals surface area (Å²) in [6.07, 6.45) is 1.02. The number of halogens is 1. The minimum Gasteiger partial charge on any atom is -0.497 e. The molecule has 0 spiro atoms. The predicted molar refractivity (Wildman–Crippen MR) is 117 cm³/mol. The maximum absolute atomic E-state index is 12.9. The lowest BCUT2D eigenvalue weighted by molar-refractivity contribution is -0.115. The number of alkyl halides is 1. The monoisotopic (exact) mass is 412 g/mol. The van der Waals surface area contributed by atoms with Gasteiger partial charge in [-0.2, -0.15) is 0 Å². The van der Waals surface area contributed by atoms with Gasteiger partial charge in [-0.25, -0.2) is 0 Å². The number of rotatable bonds is 6. The number of nitrogens with zero attached hydrogens (tertiary/aromatic N) is 1. The van der Waals surface area contributed by atoms with E-state index in [2.05, 4.69) is 19.2 Å². The second kappa shape index (κ2) is 8.37. The molecule has 6 heteroatoms. The van der Waals surface area contributed by atoms with Crippen LogP contribution in [0.2, 0.25) is 0 Å². The van der Waals surface area contributed by atoms with E-state index in [1.807, 2.05) is 18.2 Å². The molecule has 29 heavy (non-hydrogen) atoms. The van der Waals surface area contributed by atoms with E-state index < -0.39 is 5.38 Å². The number of nitrogens with one attached hydrogen (secondary N) is 1. The second-order valence-electron chi connectivity index (χ2n) is 7.85. The van der Waals surface area contributed by atoms with Crippen molar-refractivity contribution in [3.05, 3.63) is 59.2 Å². The highest BCUT2D eigenvalue weighted by Gasteiger charge is 2.28. The standard InChI is InChI=1S/C23H25ClN2O3/c1-14(24)22(28)25-17-8-5-15(6-9-17)21(27)12-20-19-11-18(29-4)10-7-16(19)13-23(2,3)26-20/h5-11,14H,12-13H2,1-4H3,(H,25,28). The van der Waals surface area contributed by atoms with Gasteiger partial charge >= 0.3 is 0 Å². The molecule has 3 rings (SSSR count). The van der Waals surface area contributed by atoms with Gasteiger partial charge in [0.2, 0.25) is 5.91 Å². The van der Waals surface area contributed by atoms with Crippen LogP contribution in [0.15, 0.2) is 47.5 Å². The van der Waals surface area contributed by atoms with E-state index in [0.717, 1.165) is 23.4 Å². The van der Waals surface area contributed by atoms with Gasteiger partial charge in [0.15, 0.2) is 5.78 Å². The third-order valence-corrected chi connectivity index (χ3v) is 5.05. The third kappa shape index (κ3) is 5.04. The molecule has 0 fully saturated rings. The molecule has 1 aliphatic rings. The molecule has 0 saturated heterocycles. The number of ketones is 1. The summed E-state index contributed by atoms with van der Waals surface area (Å²) in [6, 6.07) is 12.7. The lowest BCUT2D eigenvalue weighted by Gasteiger charge is -2.29. The molecule has 0 bridgehead atoms. The van der Waals surface area contributed by atoms with Crippen LogP contribution in [-0.2, 0) is 11.2 Å². The molecule has 0 aliphatic carbocycles. The fourth-order valence-electron chi connectivity index (χ4n) is 3.41. The highest BCUT2D eigenvalue weighted by molar-refractivity contribution is 6.32. The molecule has 5 nitrogen and oxygen atoms in total. The summed E-state index contributed by atoms with van der Waals surface area (Å²) in [5.41, 5.74) is 3.82. The van der Waals surface area contributed by atoms with Gasteiger partial charge in [-0.15, -0.1) is 11.6 Å². The lowest BCUT2D eigenvalue weighted by atomic mass is 9.85. The van der Waals surface area contributed by atoms with Crippen molar-refractivity contribution in [2.24, 2.45) is 4.99 Å². The molecule has 0 radical (unpaired) electrons. The first kappa shape index (κ1) is 21.1. The number of amides is 1. The van der Waals surface area contributed by atoms with Crippen molar-refractivity contribution in [1.29, 1.82) is 0 Å². The van der Waals surface area contributed by atoms with Crippen LogP contribution in [0, 0.1) is 0 Å². The smallest absolute Gasteiger partial charge is 0.242 e. The van der Waals surface area contributed by atoms with E-state index in [1.165, 1.54) is 5.56 Å². The zero-order chi connectivity index (χ0) is 21.2. The zero-order valence-electron chi connectivity index (χ0n) is 17.1. The van der Waals surface area contributed by atoms with Crippen molar-refractivity contribution in [3.63, 3.8) is 0 Å². The van der Waals surface area contributed by atoms with E-state index >= 15 is 0 Å². The Hall–Kier alpha value is -2.66. The summed E-state index contributed by atoms with van der Waals surface area (Å²) in [6.45, 7) is 5.74. The molecule has 0 aromatic heterocycles. The lowest BCUT2D eigenvalue weighted by Crippen LogP contribution is -2.30. The predicted octanol–water partition coefficient (Wildman–Crippen LogP) is 4.66. The van der Waals surface area contributed by atoms with Gasteiger partial charge in [0.1, 0.15) is 11.1 Å². The summed E-state index contributed by atoms with van der Waals surface area (Å²) in [7, 11) is 1.63. The number of carbonyl (C=O) groups excluding carboxylic acids is 2. The molecular weight excluding hydrogens is 388 g/mol.